The van der Waals surface area contributed by atoms with Crippen molar-refractivity contribution in [2.45, 2.75) is 11.4 Å². The molecular weight excluding hydrogens is 489 g/mol. The number of benzene rings is 3. The quantitative estimate of drug-likeness (QED) is 0.327. The summed E-state index contributed by atoms with van der Waals surface area (Å²) >= 11 is 6.68. The molecule has 0 unspecified atom stereocenters. The van der Waals surface area contributed by atoms with Crippen LogP contribution in [-0.4, -0.2) is 24.5 Å². The van der Waals surface area contributed by atoms with Crippen LogP contribution in [0.1, 0.15) is 11.1 Å². The summed E-state index contributed by atoms with van der Waals surface area (Å²) in [5.74, 6) is -1.29. The van der Waals surface area contributed by atoms with Crippen molar-refractivity contribution in [3.8, 4) is 5.75 Å². The zero-order valence-electron chi connectivity index (χ0n) is 16.8. The fourth-order valence-electron chi connectivity index (χ4n) is 3.05. The smallest absolute Gasteiger partial charge is 0.339 e. The van der Waals surface area contributed by atoms with E-state index < -0.39 is 27.1 Å². The zero-order valence-corrected chi connectivity index (χ0v) is 19.2. The predicted octanol–water partition coefficient (Wildman–Crippen LogP) is 5.48. The first-order valence-corrected chi connectivity index (χ1v) is 12.1. The highest BCUT2D eigenvalue weighted by molar-refractivity contribution is 8.18. The molecule has 0 saturated carbocycles. The van der Waals surface area contributed by atoms with Crippen molar-refractivity contribution in [2.24, 2.45) is 0 Å². The van der Waals surface area contributed by atoms with E-state index in [1.807, 2.05) is 0 Å². The van der Waals surface area contributed by atoms with Gasteiger partial charge in [0.25, 0.3) is 11.1 Å². The summed E-state index contributed by atoms with van der Waals surface area (Å²) in [7, 11) is -4.11. The van der Waals surface area contributed by atoms with Gasteiger partial charge >= 0.3 is 10.1 Å². The number of carbonyl (C=O) groups is 2. The van der Waals surface area contributed by atoms with Crippen LogP contribution in [-0.2, 0) is 21.5 Å². The van der Waals surface area contributed by atoms with Crippen LogP contribution in [0.4, 0.5) is 9.18 Å². The van der Waals surface area contributed by atoms with E-state index in [4.69, 9.17) is 15.8 Å². The highest BCUT2D eigenvalue weighted by Gasteiger charge is 2.36. The van der Waals surface area contributed by atoms with E-state index >= 15 is 0 Å². The van der Waals surface area contributed by atoms with E-state index in [1.165, 1.54) is 42.5 Å². The molecule has 3 aromatic carbocycles. The first-order chi connectivity index (χ1) is 15.8. The Morgan fingerprint density at radius 1 is 0.970 bits per heavy atom. The van der Waals surface area contributed by atoms with Gasteiger partial charge in [0.15, 0.2) is 0 Å². The van der Waals surface area contributed by atoms with E-state index in [-0.39, 0.29) is 38.2 Å². The maximum atomic E-state index is 14.1. The van der Waals surface area contributed by atoms with Gasteiger partial charge in [-0.1, -0.05) is 54.1 Å². The molecule has 1 fully saturated rings. The number of halogens is 2. The zero-order chi connectivity index (χ0) is 23.6. The van der Waals surface area contributed by atoms with Gasteiger partial charge in [0, 0.05) is 16.1 Å². The second-order valence-electron chi connectivity index (χ2n) is 6.86. The van der Waals surface area contributed by atoms with Crippen molar-refractivity contribution in [1.82, 2.24) is 4.90 Å². The maximum absolute atomic E-state index is 14.1. The third-order valence-electron chi connectivity index (χ3n) is 4.69. The van der Waals surface area contributed by atoms with Crippen LogP contribution in [0.5, 0.6) is 5.75 Å². The third-order valence-corrected chi connectivity index (χ3v) is 7.20. The van der Waals surface area contributed by atoms with E-state index in [0.29, 0.717) is 11.8 Å². The Morgan fingerprint density at radius 2 is 1.67 bits per heavy atom. The van der Waals surface area contributed by atoms with Crippen molar-refractivity contribution in [1.29, 1.82) is 0 Å². The van der Waals surface area contributed by atoms with Gasteiger partial charge in [0.1, 0.15) is 16.5 Å². The number of amides is 2. The summed E-state index contributed by atoms with van der Waals surface area (Å²) in [5, 5.41) is -0.497. The van der Waals surface area contributed by atoms with Crippen LogP contribution in [0.25, 0.3) is 6.08 Å². The van der Waals surface area contributed by atoms with Gasteiger partial charge in [-0.25, -0.2) is 4.39 Å². The molecule has 168 valence electrons. The lowest BCUT2D eigenvalue weighted by Crippen LogP contribution is -2.28. The molecule has 0 spiro atoms. The number of imide groups is 1. The van der Waals surface area contributed by atoms with Gasteiger partial charge in [-0.05, 0) is 48.2 Å². The van der Waals surface area contributed by atoms with Crippen molar-refractivity contribution in [2.75, 3.05) is 0 Å². The Hall–Kier alpha value is -3.14. The fraction of sp³-hybridized carbons (Fsp3) is 0.0435. The molecule has 1 aliphatic heterocycles. The van der Waals surface area contributed by atoms with Gasteiger partial charge in [-0.15, -0.1) is 0 Å². The van der Waals surface area contributed by atoms with E-state index in [9.17, 15) is 22.4 Å². The second kappa shape index (κ2) is 9.38. The average Bonchev–Trinajstić information content (AvgIpc) is 3.05. The standard InChI is InChI=1S/C23H15ClFNO5S2/c24-18-10-6-11-19(25)17(18)14-26-22(27)21(32-23(26)28)13-15-7-4-5-12-20(15)31-33(29,30)16-8-2-1-3-9-16/h1-13H,14H2/b21-13-. The van der Waals surface area contributed by atoms with Crippen LogP contribution < -0.4 is 4.18 Å². The number of rotatable bonds is 6. The molecule has 1 saturated heterocycles. The minimum absolute atomic E-state index is 0.00898. The lowest BCUT2D eigenvalue weighted by molar-refractivity contribution is -0.123. The highest BCUT2D eigenvalue weighted by atomic mass is 35.5. The largest absolute Gasteiger partial charge is 0.378 e. The van der Waals surface area contributed by atoms with Crippen LogP contribution in [0, 0.1) is 5.82 Å². The summed E-state index contributed by atoms with van der Waals surface area (Å²) in [5.41, 5.74) is 0.312. The van der Waals surface area contributed by atoms with Crippen molar-refractivity contribution < 1.29 is 26.6 Å². The lowest BCUT2D eigenvalue weighted by Gasteiger charge is -2.14. The van der Waals surface area contributed by atoms with E-state index in [2.05, 4.69) is 0 Å². The predicted molar refractivity (Wildman–Crippen MR) is 124 cm³/mol. The Bertz CT molecular complexity index is 1360. The van der Waals surface area contributed by atoms with Gasteiger partial charge < -0.3 is 4.18 Å². The second-order valence-corrected chi connectivity index (χ2v) is 9.80. The number of carbonyl (C=O) groups excluding carboxylic acids is 2. The first kappa shape index (κ1) is 23.0. The number of hydrogen-bond donors (Lipinski definition) is 0. The van der Waals surface area contributed by atoms with Gasteiger partial charge in [-0.3, -0.25) is 14.5 Å². The summed E-state index contributed by atoms with van der Waals surface area (Å²) in [4.78, 5) is 26.2. The molecule has 1 heterocycles. The summed E-state index contributed by atoms with van der Waals surface area (Å²) < 4.78 is 44.6. The van der Waals surface area contributed by atoms with Crippen LogP contribution in [0.3, 0.4) is 0 Å². The van der Waals surface area contributed by atoms with Gasteiger partial charge in [0.2, 0.25) is 0 Å². The summed E-state index contributed by atoms with van der Waals surface area (Å²) in [6.45, 7) is -0.325. The average molecular weight is 504 g/mol. The molecule has 10 heteroatoms. The van der Waals surface area contributed by atoms with Crippen molar-refractivity contribution >= 4 is 50.7 Å². The molecule has 4 rings (SSSR count). The van der Waals surface area contributed by atoms with Crippen molar-refractivity contribution in [3.63, 3.8) is 0 Å². The summed E-state index contributed by atoms with van der Waals surface area (Å²) in [6, 6.07) is 17.9. The van der Waals surface area contributed by atoms with E-state index in [0.717, 1.165) is 4.90 Å². The molecular formula is C23H15ClFNO5S2. The Balaban J connectivity index is 1.61. The monoisotopic (exact) mass is 503 g/mol. The molecule has 33 heavy (non-hydrogen) atoms. The molecule has 0 atom stereocenters. The normalized spacial score (nSPS) is 15.3. The molecule has 2 amide bonds. The molecule has 0 N–H and O–H groups in total. The number of hydrogen-bond acceptors (Lipinski definition) is 6. The topological polar surface area (TPSA) is 80.8 Å². The molecule has 0 radical (unpaired) electrons. The Labute approximate surface area is 198 Å². The minimum atomic E-state index is -4.11. The number of nitrogens with zero attached hydrogens (tertiary/aromatic N) is 1. The SMILES string of the molecule is O=C1S/C(=C\c2ccccc2OS(=O)(=O)c2ccccc2)C(=O)N1Cc1c(F)cccc1Cl. The first-order valence-electron chi connectivity index (χ1n) is 9.53. The van der Waals surface area contributed by atoms with E-state index in [1.54, 1.807) is 36.4 Å². The van der Waals surface area contributed by atoms with Crippen LogP contribution in [0.2, 0.25) is 5.02 Å². The minimum Gasteiger partial charge on any atom is -0.378 e. The Morgan fingerprint density at radius 3 is 2.39 bits per heavy atom. The molecule has 0 aliphatic carbocycles. The van der Waals surface area contributed by atoms with Crippen LogP contribution in [0.15, 0.2) is 82.6 Å². The Kier molecular flexibility index (Phi) is 6.55. The van der Waals surface area contributed by atoms with Gasteiger partial charge in [0.05, 0.1) is 11.4 Å². The molecule has 1 aliphatic rings. The summed E-state index contributed by atoms with van der Waals surface area (Å²) in [6.07, 6.45) is 1.36. The van der Waals surface area contributed by atoms with Crippen molar-refractivity contribution in [3.05, 3.63) is 99.7 Å². The number of para-hydroxylation sites is 1. The van der Waals surface area contributed by atoms with Crippen LogP contribution >= 0.6 is 23.4 Å². The third kappa shape index (κ3) is 4.95. The molecule has 6 nitrogen and oxygen atoms in total. The van der Waals surface area contributed by atoms with Gasteiger partial charge in [-0.2, -0.15) is 8.42 Å². The molecule has 3 aromatic rings. The fourth-order valence-corrected chi connectivity index (χ4v) is 5.07. The highest BCUT2D eigenvalue weighted by Crippen LogP contribution is 2.36. The molecule has 0 bridgehead atoms. The number of thioether (sulfide) groups is 1. The lowest BCUT2D eigenvalue weighted by atomic mass is 10.1. The molecule has 0 aromatic heterocycles. The maximum Gasteiger partial charge on any atom is 0.339 e.